The van der Waals surface area contributed by atoms with Crippen LogP contribution in [0.3, 0.4) is 0 Å². The zero-order chi connectivity index (χ0) is 17.4. The molecular weight excluding hydrogens is 366 g/mol. The van der Waals surface area contributed by atoms with Crippen molar-refractivity contribution < 1.29 is 14.3 Å². The molecule has 0 bridgehead atoms. The van der Waals surface area contributed by atoms with Crippen LogP contribution in [0.15, 0.2) is 17.6 Å². The standard InChI is InChI=1S/C15H16ClN5O3S/c1-9-12(13-17-2-7-25-13)24-15(22)21(9)11-8-10(16)18-14(19-11)20-3-5-23-6-4-20/h2,7-9,12H,3-6H2,1H3/t9-,12+/m0/s1. The van der Waals surface area contributed by atoms with Gasteiger partial charge in [0.2, 0.25) is 5.95 Å². The van der Waals surface area contributed by atoms with Gasteiger partial charge in [-0.05, 0) is 6.92 Å². The van der Waals surface area contributed by atoms with Gasteiger partial charge >= 0.3 is 6.09 Å². The molecule has 4 heterocycles. The van der Waals surface area contributed by atoms with Crippen LogP contribution in [-0.4, -0.2) is 53.4 Å². The number of hydrogen-bond acceptors (Lipinski definition) is 8. The molecule has 1 amide bonds. The van der Waals surface area contributed by atoms with Crippen molar-refractivity contribution in [3.8, 4) is 0 Å². The second kappa shape index (κ2) is 6.74. The number of morpholine rings is 1. The van der Waals surface area contributed by atoms with Crippen molar-refractivity contribution >= 4 is 40.8 Å². The predicted molar refractivity (Wildman–Crippen MR) is 93.4 cm³/mol. The smallest absolute Gasteiger partial charge is 0.416 e. The van der Waals surface area contributed by atoms with E-state index >= 15 is 0 Å². The van der Waals surface area contributed by atoms with Crippen molar-refractivity contribution in [3.63, 3.8) is 0 Å². The first kappa shape index (κ1) is 16.5. The van der Waals surface area contributed by atoms with E-state index in [1.807, 2.05) is 17.2 Å². The molecule has 0 radical (unpaired) electrons. The van der Waals surface area contributed by atoms with Gasteiger partial charge in [0.15, 0.2) is 6.10 Å². The Balaban J connectivity index is 1.64. The van der Waals surface area contributed by atoms with Crippen LogP contribution in [0.4, 0.5) is 16.6 Å². The minimum Gasteiger partial charge on any atom is -0.436 e. The Hall–Kier alpha value is -1.97. The minimum atomic E-state index is -0.463. The van der Waals surface area contributed by atoms with Crippen LogP contribution in [0.25, 0.3) is 0 Å². The maximum absolute atomic E-state index is 12.4. The summed E-state index contributed by atoms with van der Waals surface area (Å²) < 4.78 is 10.9. The van der Waals surface area contributed by atoms with Crippen molar-refractivity contribution in [1.82, 2.24) is 15.0 Å². The molecule has 2 fully saturated rings. The third-order valence-electron chi connectivity index (χ3n) is 4.18. The number of thiazole rings is 1. The molecule has 132 valence electrons. The van der Waals surface area contributed by atoms with Gasteiger partial charge in [0.25, 0.3) is 0 Å². The molecule has 4 rings (SSSR count). The molecular formula is C15H16ClN5O3S. The van der Waals surface area contributed by atoms with Gasteiger partial charge in [0.1, 0.15) is 16.0 Å². The van der Waals surface area contributed by atoms with Gasteiger partial charge in [-0.1, -0.05) is 11.6 Å². The summed E-state index contributed by atoms with van der Waals surface area (Å²) in [4.78, 5) is 29.0. The first-order valence-electron chi connectivity index (χ1n) is 7.90. The number of cyclic esters (lactones) is 1. The van der Waals surface area contributed by atoms with E-state index in [0.29, 0.717) is 38.1 Å². The maximum atomic E-state index is 12.4. The summed E-state index contributed by atoms with van der Waals surface area (Å²) in [5, 5.41) is 2.90. The number of halogens is 1. The molecule has 10 heteroatoms. The van der Waals surface area contributed by atoms with E-state index in [2.05, 4.69) is 15.0 Å². The first-order valence-corrected chi connectivity index (χ1v) is 9.16. The highest BCUT2D eigenvalue weighted by molar-refractivity contribution is 7.09. The van der Waals surface area contributed by atoms with Crippen LogP contribution in [-0.2, 0) is 9.47 Å². The van der Waals surface area contributed by atoms with E-state index in [1.54, 1.807) is 12.3 Å². The predicted octanol–water partition coefficient (Wildman–Crippen LogP) is 2.51. The van der Waals surface area contributed by atoms with Gasteiger partial charge in [-0.15, -0.1) is 11.3 Å². The molecule has 0 aromatic carbocycles. The number of carbonyl (C=O) groups excluding carboxylic acids is 1. The maximum Gasteiger partial charge on any atom is 0.416 e. The van der Waals surface area contributed by atoms with E-state index in [0.717, 1.165) is 5.01 Å². The zero-order valence-corrected chi connectivity index (χ0v) is 15.0. The quantitative estimate of drug-likeness (QED) is 0.755. The highest BCUT2D eigenvalue weighted by atomic mass is 35.5. The molecule has 25 heavy (non-hydrogen) atoms. The Kier molecular flexibility index (Phi) is 4.45. The number of nitrogens with zero attached hydrogens (tertiary/aromatic N) is 5. The Morgan fingerprint density at radius 3 is 2.84 bits per heavy atom. The number of anilines is 2. The summed E-state index contributed by atoms with van der Waals surface area (Å²) in [5.41, 5.74) is 0. The number of amides is 1. The summed E-state index contributed by atoms with van der Waals surface area (Å²) in [6.07, 6.45) is 0.810. The van der Waals surface area contributed by atoms with E-state index in [4.69, 9.17) is 21.1 Å². The molecule has 0 N–H and O–H groups in total. The van der Waals surface area contributed by atoms with E-state index in [9.17, 15) is 4.79 Å². The average molecular weight is 382 g/mol. The molecule has 2 aliphatic rings. The SMILES string of the molecule is C[C@H]1[C@H](c2nccs2)OC(=O)N1c1cc(Cl)nc(N2CCOCC2)n1. The van der Waals surface area contributed by atoms with E-state index in [1.165, 1.54) is 16.2 Å². The lowest BCUT2D eigenvalue weighted by Gasteiger charge is -2.28. The third-order valence-corrected chi connectivity index (χ3v) is 5.21. The number of carbonyl (C=O) groups is 1. The number of hydrogen-bond donors (Lipinski definition) is 0. The number of aromatic nitrogens is 3. The summed E-state index contributed by atoms with van der Waals surface area (Å²) in [6, 6.07) is 1.33. The van der Waals surface area contributed by atoms with Crippen LogP contribution in [0.1, 0.15) is 18.0 Å². The Labute approximate surface area is 153 Å². The highest BCUT2D eigenvalue weighted by Crippen LogP contribution is 2.36. The van der Waals surface area contributed by atoms with Crippen LogP contribution in [0.5, 0.6) is 0 Å². The van der Waals surface area contributed by atoms with Crippen LogP contribution >= 0.6 is 22.9 Å². The zero-order valence-electron chi connectivity index (χ0n) is 13.5. The molecule has 0 aliphatic carbocycles. The second-order valence-electron chi connectivity index (χ2n) is 5.73. The van der Waals surface area contributed by atoms with Gasteiger partial charge in [-0.2, -0.15) is 4.98 Å². The lowest BCUT2D eigenvalue weighted by Crippen LogP contribution is -2.38. The van der Waals surface area contributed by atoms with Crippen LogP contribution < -0.4 is 9.80 Å². The molecule has 2 aromatic heterocycles. The van der Waals surface area contributed by atoms with Gasteiger partial charge in [-0.25, -0.2) is 14.8 Å². The lowest BCUT2D eigenvalue weighted by atomic mass is 10.2. The molecule has 0 saturated carbocycles. The monoisotopic (exact) mass is 381 g/mol. The average Bonchev–Trinajstić information content (AvgIpc) is 3.23. The summed E-state index contributed by atoms with van der Waals surface area (Å²) in [6.45, 7) is 4.49. The molecule has 2 atom stereocenters. The van der Waals surface area contributed by atoms with Crippen molar-refractivity contribution in [2.45, 2.75) is 19.1 Å². The molecule has 8 nitrogen and oxygen atoms in total. The van der Waals surface area contributed by atoms with Gasteiger partial charge in [0, 0.05) is 30.7 Å². The third kappa shape index (κ3) is 3.14. The molecule has 2 aliphatic heterocycles. The van der Waals surface area contributed by atoms with Gasteiger partial charge < -0.3 is 14.4 Å². The van der Waals surface area contributed by atoms with E-state index < -0.39 is 12.2 Å². The summed E-state index contributed by atoms with van der Waals surface area (Å²) in [7, 11) is 0. The first-order chi connectivity index (χ1) is 12.1. The van der Waals surface area contributed by atoms with Crippen molar-refractivity contribution in [2.24, 2.45) is 0 Å². The topological polar surface area (TPSA) is 80.7 Å². The minimum absolute atomic E-state index is 0.248. The molecule has 0 unspecified atom stereocenters. The fourth-order valence-corrected chi connectivity index (χ4v) is 3.86. The van der Waals surface area contributed by atoms with Crippen molar-refractivity contribution in [3.05, 3.63) is 27.8 Å². The van der Waals surface area contributed by atoms with E-state index in [-0.39, 0.29) is 11.2 Å². The molecule has 2 saturated heterocycles. The normalized spacial score (nSPS) is 23.8. The largest absolute Gasteiger partial charge is 0.436 e. The van der Waals surface area contributed by atoms with Gasteiger partial charge in [-0.3, -0.25) is 4.90 Å². The second-order valence-corrected chi connectivity index (χ2v) is 7.05. The van der Waals surface area contributed by atoms with Crippen LogP contribution in [0, 0.1) is 0 Å². The Morgan fingerprint density at radius 1 is 1.32 bits per heavy atom. The number of ether oxygens (including phenoxy) is 2. The fraction of sp³-hybridized carbons (Fsp3) is 0.467. The highest BCUT2D eigenvalue weighted by Gasteiger charge is 2.43. The van der Waals surface area contributed by atoms with Crippen LogP contribution in [0.2, 0.25) is 5.15 Å². The lowest BCUT2D eigenvalue weighted by molar-refractivity contribution is 0.122. The number of rotatable bonds is 3. The Bertz CT molecular complexity index is 769. The van der Waals surface area contributed by atoms with Gasteiger partial charge in [0.05, 0.1) is 19.3 Å². The molecule has 0 spiro atoms. The summed E-state index contributed by atoms with van der Waals surface area (Å²) in [5.74, 6) is 0.918. The summed E-state index contributed by atoms with van der Waals surface area (Å²) >= 11 is 7.64. The van der Waals surface area contributed by atoms with Crippen molar-refractivity contribution in [2.75, 3.05) is 36.1 Å². The molecule has 2 aromatic rings. The Morgan fingerprint density at radius 2 is 2.12 bits per heavy atom. The van der Waals surface area contributed by atoms with Crippen molar-refractivity contribution in [1.29, 1.82) is 0 Å². The fourth-order valence-electron chi connectivity index (χ4n) is 2.92.